The highest BCUT2D eigenvalue weighted by Gasteiger charge is 2.22. The van der Waals surface area contributed by atoms with E-state index in [1.54, 1.807) is 0 Å². The predicted molar refractivity (Wildman–Crippen MR) is 77.5 cm³/mol. The maximum Gasteiger partial charge on any atom is 0.0622 e. The Morgan fingerprint density at radius 1 is 1.29 bits per heavy atom. The van der Waals surface area contributed by atoms with Crippen LogP contribution in [0.3, 0.4) is 0 Å². The molecule has 0 aromatic heterocycles. The summed E-state index contributed by atoms with van der Waals surface area (Å²) in [4.78, 5) is 0. The molecule has 0 heterocycles. The Balaban J connectivity index is 2.63. The molecule has 0 N–H and O–H groups in total. The normalized spacial score (nSPS) is 13.4. The van der Waals surface area contributed by atoms with Crippen molar-refractivity contribution in [3.8, 4) is 0 Å². The number of allylic oxidation sites excluding steroid dienone is 1. The standard InChI is InChI=1S/C16H23Cl/c1-5-11-16(3,4)13(2)12-15(17)14-9-7-6-8-10-14/h6-10,15H,2,5,11-12H2,1,3-4H3. The second-order valence-corrected chi connectivity index (χ2v) is 5.85. The zero-order chi connectivity index (χ0) is 12.9. The van der Waals surface area contributed by atoms with Crippen LogP contribution >= 0.6 is 11.6 Å². The predicted octanol–water partition coefficient (Wildman–Crippen LogP) is 5.74. The van der Waals surface area contributed by atoms with Crippen LogP contribution in [-0.2, 0) is 0 Å². The van der Waals surface area contributed by atoms with E-state index in [-0.39, 0.29) is 10.8 Å². The molecule has 94 valence electrons. The van der Waals surface area contributed by atoms with Gasteiger partial charge in [-0.25, -0.2) is 0 Å². The molecular weight excluding hydrogens is 228 g/mol. The molecule has 0 spiro atoms. The van der Waals surface area contributed by atoms with Gasteiger partial charge in [-0.15, -0.1) is 11.6 Å². The van der Waals surface area contributed by atoms with Gasteiger partial charge in [0.05, 0.1) is 5.38 Å². The van der Waals surface area contributed by atoms with Crippen LogP contribution in [0.2, 0.25) is 0 Å². The van der Waals surface area contributed by atoms with Crippen LogP contribution in [-0.4, -0.2) is 0 Å². The molecule has 0 bridgehead atoms. The van der Waals surface area contributed by atoms with Crippen molar-refractivity contribution >= 4 is 11.6 Å². The van der Waals surface area contributed by atoms with Gasteiger partial charge in [0.2, 0.25) is 0 Å². The molecule has 0 aliphatic carbocycles. The van der Waals surface area contributed by atoms with E-state index < -0.39 is 0 Å². The summed E-state index contributed by atoms with van der Waals surface area (Å²) < 4.78 is 0. The van der Waals surface area contributed by atoms with Gasteiger partial charge in [-0.3, -0.25) is 0 Å². The fourth-order valence-electron chi connectivity index (χ4n) is 2.07. The van der Waals surface area contributed by atoms with Crippen LogP contribution in [0.4, 0.5) is 0 Å². The maximum absolute atomic E-state index is 6.45. The van der Waals surface area contributed by atoms with Crippen molar-refractivity contribution in [3.63, 3.8) is 0 Å². The molecular formula is C16H23Cl. The summed E-state index contributed by atoms with van der Waals surface area (Å²) in [5, 5.41) is 0.0415. The van der Waals surface area contributed by atoms with Crippen molar-refractivity contribution in [1.82, 2.24) is 0 Å². The molecule has 1 heteroatoms. The molecule has 1 unspecified atom stereocenters. The molecule has 0 amide bonds. The van der Waals surface area contributed by atoms with Gasteiger partial charge in [-0.2, -0.15) is 0 Å². The van der Waals surface area contributed by atoms with Gasteiger partial charge in [-0.1, -0.05) is 69.7 Å². The van der Waals surface area contributed by atoms with Crippen LogP contribution in [0.25, 0.3) is 0 Å². The molecule has 0 aliphatic rings. The van der Waals surface area contributed by atoms with E-state index >= 15 is 0 Å². The summed E-state index contributed by atoms with van der Waals surface area (Å²) in [6, 6.07) is 10.2. The summed E-state index contributed by atoms with van der Waals surface area (Å²) in [6.07, 6.45) is 3.22. The van der Waals surface area contributed by atoms with E-state index in [0.717, 1.165) is 6.42 Å². The van der Waals surface area contributed by atoms with E-state index in [0.29, 0.717) is 0 Å². The fraction of sp³-hybridized carbons (Fsp3) is 0.500. The lowest BCUT2D eigenvalue weighted by atomic mass is 9.78. The third-order valence-corrected chi connectivity index (χ3v) is 3.83. The largest absolute Gasteiger partial charge is 0.117 e. The zero-order valence-electron chi connectivity index (χ0n) is 11.2. The van der Waals surface area contributed by atoms with Gasteiger partial charge in [0.15, 0.2) is 0 Å². The fourth-order valence-corrected chi connectivity index (χ4v) is 2.41. The van der Waals surface area contributed by atoms with Crippen molar-refractivity contribution in [2.45, 2.75) is 45.4 Å². The van der Waals surface area contributed by atoms with E-state index in [1.807, 2.05) is 18.2 Å². The Morgan fingerprint density at radius 2 is 1.88 bits per heavy atom. The maximum atomic E-state index is 6.45. The second-order valence-electron chi connectivity index (χ2n) is 5.32. The van der Waals surface area contributed by atoms with Gasteiger partial charge >= 0.3 is 0 Å². The lowest BCUT2D eigenvalue weighted by Crippen LogP contribution is -2.15. The van der Waals surface area contributed by atoms with Gasteiger partial charge in [0.25, 0.3) is 0 Å². The summed E-state index contributed by atoms with van der Waals surface area (Å²) in [5.74, 6) is 0. The van der Waals surface area contributed by atoms with Crippen molar-refractivity contribution in [3.05, 3.63) is 48.0 Å². The second kappa shape index (κ2) is 6.26. The smallest absolute Gasteiger partial charge is 0.0622 e. The van der Waals surface area contributed by atoms with Gasteiger partial charge in [0, 0.05) is 0 Å². The Morgan fingerprint density at radius 3 is 2.41 bits per heavy atom. The van der Waals surface area contributed by atoms with E-state index in [9.17, 15) is 0 Å². The number of benzene rings is 1. The quantitative estimate of drug-likeness (QED) is 0.446. The molecule has 1 rings (SSSR count). The lowest BCUT2D eigenvalue weighted by molar-refractivity contribution is 0.389. The first kappa shape index (κ1) is 14.3. The highest BCUT2D eigenvalue weighted by Crippen LogP contribution is 2.38. The van der Waals surface area contributed by atoms with E-state index in [4.69, 9.17) is 11.6 Å². The molecule has 0 fully saturated rings. The average Bonchev–Trinajstić information content (AvgIpc) is 2.30. The lowest BCUT2D eigenvalue weighted by Gasteiger charge is -2.28. The molecule has 0 saturated heterocycles. The molecule has 1 atom stereocenters. The van der Waals surface area contributed by atoms with Crippen LogP contribution in [0.15, 0.2) is 42.5 Å². The number of rotatable bonds is 6. The van der Waals surface area contributed by atoms with Gasteiger partial charge < -0.3 is 0 Å². The molecule has 17 heavy (non-hydrogen) atoms. The van der Waals surface area contributed by atoms with Crippen molar-refractivity contribution in [2.24, 2.45) is 5.41 Å². The summed E-state index contributed by atoms with van der Waals surface area (Å²) in [5.41, 5.74) is 2.63. The van der Waals surface area contributed by atoms with Gasteiger partial charge in [0.1, 0.15) is 0 Å². The molecule has 0 saturated carbocycles. The number of halogens is 1. The highest BCUT2D eigenvalue weighted by atomic mass is 35.5. The molecule has 1 aromatic carbocycles. The summed E-state index contributed by atoms with van der Waals surface area (Å²) in [6.45, 7) is 11.0. The number of hydrogen-bond donors (Lipinski definition) is 0. The van der Waals surface area contributed by atoms with Crippen molar-refractivity contribution in [2.75, 3.05) is 0 Å². The van der Waals surface area contributed by atoms with Crippen LogP contribution in [0, 0.1) is 5.41 Å². The third kappa shape index (κ3) is 4.20. The molecule has 0 nitrogen and oxygen atoms in total. The zero-order valence-corrected chi connectivity index (χ0v) is 11.9. The van der Waals surface area contributed by atoms with Crippen LogP contribution in [0.5, 0.6) is 0 Å². The van der Waals surface area contributed by atoms with Crippen LogP contribution in [0.1, 0.15) is 51.0 Å². The topological polar surface area (TPSA) is 0 Å². The first-order valence-electron chi connectivity index (χ1n) is 6.34. The minimum atomic E-state index is 0.0415. The Labute approximate surface area is 111 Å². The summed E-state index contributed by atoms with van der Waals surface area (Å²) in [7, 11) is 0. The minimum absolute atomic E-state index is 0.0415. The minimum Gasteiger partial charge on any atom is -0.117 e. The molecule has 0 radical (unpaired) electrons. The SMILES string of the molecule is C=C(CC(Cl)c1ccccc1)C(C)(C)CCC. The molecule has 1 aromatic rings. The van der Waals surface area contributed by atoms with Crippen molar-refractivity contribution < 1.29 is 0 Å². The number of alkyl halides is 1. The number of hydrogen-bond acceptors (Lipinski definition) is 0. The van der Waals surface area contributed by atoms with Crippen LogP contribution < -0.4 is 0 Å². The average molecular weight is 251 g/mol. The molecule has 0 aliphatic heterocycles. The first-order chi connectivity index (χ1) is 7.97. The Hall–Kier alpha value is -0.750. The highest BCUT2D eigenvalue weighted by molar-refractivity contribution is 6.20. The van der Waals surface area contributed by atoms with Crippen molar-refractivity contribution in [1.29, 1.82) is 0 Å². The first-order valence-corrected chi connectivity index (χ1v) is 6.78. The summed E-state index contributed by atoms with van der Waals surface area (Å²) >= 11 is 6.45. The van der Waals surface area contributed by atoms with Gasteiger partial charge in [-0.05, 0) is 23.8 Å². The monoisotopic (exact) mass is 250 g/mol. The Kier molecular flexibility index (Phi) is 5.27. The van der Waals surface area contributed by atoms with E-state index in [1.165, 1.54) is 24.0 Å². The third-order valence-electron chi connectivity index (χ3n) is 3.42. The van der Waals surface area contributed by atoms with E-state index in [2.05, 4.69) is 39.5 Å². The Bertz CT molecular complexity index is 351.